The van der Waals surface area contributed by atoms with E-state index < -0.39 is 0 Å². The number of rotatable bonds is 4. The van der Waals surface area contributed by atoms with Gasteiger partial charge in [0.2, 0.25) is 5.95 Å². The molecule has 0 bridgehead atoms. The van der Waals surface area contributed by atoms with Crippen molar-refractivity contribution >= 4 is 11.9 Å². The Morgan fingerprint density at radius 3 is 2.54 bits per heavy atom. The Bertz CT molecular complexity index is 703. The molecule has 0 unspecified atom stereocenters. The summed E-state index contributed by atoms with van der Waals surface area (Å²) in [6.07, 6.45) is 5.44. The van der Waals surface area contributed by atoms with Gasteiger partial charge in [-0.1, -0.05) is 17.2 Å². The van der Waals surface area contributed by atoms with Crippen LogP contribution in [0.3, 0.4) is 0 Å². The number of aryl methyl sites for hydroxylation is 2. The summed E-state index contributed by atoms with van der Waals surface area (Å²) >= 11 is 0. The van der Waals surface area contributed by atoms with E-state index in [1.54, 1.807) is 6.20 Å². The zero-order valence-corrected chi connectivity index (χ0v) is 14.4. The second-order valence-electron chi connectivity index (χ2n) is 6.45. The average Bonchev–Trinajstić information content (AvgIpc) is 2.60. The van der Waals surface area contributed by atoms with Gasteiger partial charge < -0.3 is 10.2 Å². The predicted octanol–water partition coefficient (Wildman–Crippen LogP) is 3.01. The number of nitrogens with zero attached hydrogens (tertiary/aromatic N) is 3. The number of amides is 1. The van der Waals surface area contributed by atoms with Crippen LogP contribution in [0.5, 0.6) is 0 Å². The molecule has 1 aromatic carbocycles. The number of benzene rings is 1. The highest BCUT2D eigenvalue weighted by molar-refractivity contribution is 5.94. The Morgan fingerprint density at radius 1 is 1.12 bits per heavy atom. The minimum atomic E-state index is -0.0695. The first-order chi connectivity index (χ1) is 11.6. The second-order valence-corrected chi connectivity index (χ2v) is 6.45. The number of hydrogen-bond acceptors (Lipinski definition) is 4. The van der Waals surface area contributed by atoms with E-state index in [1.165, 1.54) is 19.3 Å². The lowest BCUT2D eigenvalue weighted by Gasteiger charge is -2.26. The molecule has 1 saturated heterocycles. The summed E-state index contributed by atoms with van der Waals surface area (Å²) in [6, 6.07) is 7.73. The lowest BCUT2D eigenvalue weighted by atomic mass is 10.1. The van der Waals surface area contributed by atoms with Gasteiger partial charge in [0.25, 0.3) is 5.91 Å². The molecule has 2 heterocycles. The summed E-state index contributed by atoms with van der Waals surface area (Å²) < 4.78 is 0. The smallest absolute Gasteiger partial charge is 0.251 e. The van der Waals surface area contributed by atoms with Crippen molar-refractivity contribution in [2.24, 2.45) is 0 Å². The van der Waals surface area contributed by atoms with E-state index in [1.807, 2.05) is 32.0 Å². The highest BCUT2D eigenvalue weighted by Gasteiger charge is 2.14. The van der Waals surface area contributed by atoms with Crippen LogP contribution >= 0.6 is 0 Å². The first kappa shape index (κ1) is 16.4. The molecule has 0 saturated carbocycles. The number of carbonyl (C=O) groups excluding carboxylic acids is 1. The molecule has 1 aliphatic heterocycles. The van der Waals surface area contributed by atoms with Crippen molar-refractivity contribution in [1.29, 1.82) is 0 Å². The van der Waals surface area contributed by atoms with Crippen LogP contribution in [-0.2, 0) is 6.54 Å². The third-order valence-electron chi connectivity index (χ3n) is 4.25. The molecule has 5 nitrogen and oxygen atoms in total. The van der Waals surface area contributed by atoms with Gasteiger partial charge >= 0.3 is 0 Å². The molecule has 1 aromatic heterocycles. The van der Waals surface area contributed by atoms with Crippen molar-refractivity contribution < 1.29 is 4.79 Å². The van der Waals surface area contributed by atoms with Crippen molar-refractivity contribution in [2.45, 2.75) is 39.7 Å². The minimum Gasteiger partial charge on any atom is -0.346 e. The number of anilines is 1. The Morgan fingerprint density at radius 2 is 1.83 bits per heavy atom. The van der Waals surface area contributed by atoms with Crippen LogP contribution in [0.2, 0.25) is 0 Å². The van der Waals surface area contributed by atoms with E-state index in [4.69, 9.17) is 0 Å². The van der Waals surface area contributed by atoms with E-state index in [9.17, 15) is 4.79 Å². The summed E-state index contributed by atoms with van der Waals surface area (Å²) in [5, 5.41) is 2.95. The fraction of sp³-hybridized carbons (Fsp3) is 0.421. The highest BCUT2D eigenvalue weighted by Crippen LogP contribution is 2.15. The summed E-state index contributed by atoms with van der Waals surface area (Å²) in [5.74, 6) is 0.702. The molecule has 1 fully saturated rings. The summed E-state index contributed by atoms with van der Waals surface area (Å²) in [7, 11) is 0. The lowest BCUT2D eigenvalue weighted by Crippen LogP contribution is -2.31. The van der Waals surface area contributed by atoms with Gasteiger partial charge in [0.05, 0.1) is 12.2 Å². The van der Waals surface area contributed by atoms with Crippen LogP contribution in [0.25, 0.3) is 0 Å². The van der Waals surface area contributed by atoms with E-state index in [0.717, 1.165) is 35.9 Å². The largest absolute Gasteiger partial charge is 0.346 e. The Balaban J connectivity index is 1.64. The van der Waals surface area contributed by atoms with Gasteiger partial charge in [-0.3, -0.25) is 4.79 Å². The Kier molecular flexibility index (Phi) is 5.08. The van der Waals surface area contributed by atoms with Crippen molar-refractivity contribution in [3.05, 3.63) is 52.8 Å². The van der Waals surface area contributed by atoms with E-state index in [2.05, 4.69) is 26.3 Å². The fourth-order valence-electron chi connectivity index (χ4n) is 3.11. The van der Waals surface area contributed by atoms with Crippen LogP contribution in [0.15, 0.2) is 30.5 Å². The van der Waals surface area contributed by atoms with Crippen molar-refractivity contribution in [2.75, 3.05) is 18.0 Å². The van der Waals surface area contributed by atoms with E-state index >= 15 is 0 Å². The summed E-state index contributed by atoms with van der Waals surface area (Å²) in [5.41, 5.74) is 3.71. The third kappa shape index (κ3) is 4.10. The molecule has 24 heavy (non-hydrogen) atoms. The summed E-state index contributed by atoms with van der Waals surface area (Å²) in [4.78, 5) is 23.5. The number of hydrogen-bond donors (Lipinski definition) is 1. The second kappa shape index (κ2) is 7.43. The molecule has 0 aliphatic carbocycles. The van der Waals surface area contributed by atoms with Gasteiger partial charge in [-0.15, -0.1) is 0 Å². The van der Waals surface area contributed by atoms with Gasteiger partial charge in [-0.05, 0) is 51.3 Å². The number of aromatic nitrogens is 2. The van der Waals surface area contributed by atoms with Gasteiger partial charge in [0, 0.05) is 24.8 Å². The van der Waals surface area contributed by atoms with Crippen LogP contribution in [0.4, 0.5) is 5.95 Å². The van der Waals surface area contributed by atoms with Crippen LogP contribution < -0.4 is 10.2 Å². The van der Waals surface area contributed by atoms with Crippen LogP contribution in [-0.4, -0.2) is 29.0 Å². The van der Waals surface area contributed by atoms with Gasteiger partial charge in [0.1, 0.15) is 0 Å². The van der Waals surface area contributed by atoms with E-state index in [-0.39, 0.29) is 5.91 Å². The van der Waals surface area contributed by atoms with Crippen molar-refractivity contribution in [3.63, 3.8) is 0 Å². The predicted molar refractivity (Wildman–Crippen MR) is 95.2 cm³/mol. The maximum atomic E-state index is 12.3. The SMILES string of the molecule is Cc1cc(C)cc(C(=O)NCc2ccnc(N3CCCCC3)n2)c1. The van der Waals surface area contributed by atoms with Gasteiger partial charge in [-0.25, -0.2) is 9.97 Å². The third-order valence-corrected chi connectivity index (χ3v) is 4.25. The molecule has 5 heteroatoms. The number of nitrogens with one attached hydrogen (secondary N) is 1. The fourth-order valence-corrected chi connectivity index (χ4v) is 3.11. The molecular formula is C19H24N4O. The highest BCUT2D eigenvalue weighted by atomic mass is 16.1. The van der Waals surface area contributed by atoms with E-state index in [0.29, 0.717) is 12.1 Å². The molecule has 3 rings (SSSR count). The zero-order valence-electron chi connectivity index (χ0n) is 14.4. The normalized spacial score (nSPS) is 14.5. The van der Waals surface area contributed by atoms with Gasteiger partial charge in [-0.2, -0.15) is 0 Å². The molecular weight excluding hydrogens is 300 g/mol. The quantitative estimate of drug-likeness (QED) is 0.939. The molecule has 1 N–H and O–H groups in total. The zero-order chi connectivity index (χ0) is 16.9. The maximum absolute atomic E-state index is 12.3. The van der Waals surface area contributed by atoms with Gasteiger partial charge in [0.15, 0.2) is 0 Å². The van der Waals surface area contributed by atoms with Crippen LogP contribution in [0.1, 0.15) is 46.4 Å². The Labute approximate surface area is 143 Å². The first-order valence-corrected chi connectivity index (χ1v) is 8.55. The minimum absolute atomic E-state index is 0.0695. The average molecular weight is 324 g/mol. The molecule has 0 radical (unpaired) electrons. The summed E-state index contributed by atoms with van der Waals surface area (Å²) in [6.45, 7) is 6.43. The molecule has 0 spiro atoms. The molecule has 2 aromatic rings. The molecule has 126 valence electrons. The molecule has 0 atom stereocenters. The van der Waals surface area contributed by atoms with Crippen LogP contribution in [0, 0.1) is 13.8 Å². The maximum Gasteiger partial charge on any atom is 0.251 e. The topological polar surface area (TPSA) is 58.1 Å². The number of piperidine rings is 1. The van der Waals surface area contributed by atoms with Crippen molar-refractivity contribution in [1.82, 2.24) is 15.3 Å². The Hall–Kier alpha value is -2.43. The standard InChI is InChI=1S/C19H24N4O/c1-14-10-15(2)12-16(11-14)18(24)21-13-17-6-7-20-19(22-17)23-8-4-3-5-9-23/h6-7,10-12H,3-5,8-9,13H2,1-2H3,(H,21,24). The molecule has 1 aliphatic rings. The molecule has 1 amide bonds. The monoisotopic (exact) mass is 324 g/mol. The number of carbonyl (C=O) groups is 1. The first-order valence-electron chi connectivity index (χ1n) is 8.55. The van der Waals surface area contributed by atoms with Crippen molar-refractivity contribution in [3.8, 4) is 0 Å². The lowest BCUT2D eigenvalue weighted by molar-refractivity contribution is 0.0950.